The number of rotatable bonds is 1. The van der Waals surface area contributed by atoms with Crippen LogP contribution in [-0.4, -0.2) is 17.0 Å². The first-order chi connectivity index (χ1) is 5.09. The summed E-state index contributed by atoms with van der Waals surface area (Å²) in [7, 11) is 0. The molecule has 3 atom stereocenters. The third-order valence-corrected chi connectivity index (χ3v) is 3.13. The second-order valence-electron chi connectivity index (χ2n) is 3.67. The Balaban J connectivity index is 2.43. The fourth-order valence-corrected chi connectivity index (χ4v) is 2.26. The van der Waals surface area contributed by atoms with Crippen LogP contribution < -0.4 is 0 Å². The number of halogens is 1. The molecule has 11 heavy (non-hydrogen) atoms. The number of ether oxygens (including phenoxy) is 1. The molecule has 1 nitrogen and oxygen atoms in total. The van der Waals surface area contributed by atoms with Crippen molar-refractivity contribution in [3.8, 4) is 0 Å². The van der Waals surface area contributed by atoms with Gasteiger partial charge in [-0.2, -0.15) is 0 Å². The molecule has 0 N–H and O–H groups in total. The Kier molecular flexibility index (Phi) is 3.38. The topological polar surface area (TPSA) is 9.23 Å². The molecule has 1 heterocycles. The maximum absolute atomic E-state index is 5.65. The van der Waals surface area contributed by atoms with Gasteiger partial charge in [0.2, 0.25) is 0 Å². The summed E-state index contributed by atoms with van der Waals surface area (Å²) in [4.78, 5) is 0.635. The fourth-order valence-electron chi connectivity index (χ4n) is 1.83. The maximum Gasteiger partial charge on any atom is 0.0553 e. The van der Waals surface area contributed by atoms with Gasteiger partial charge in [0, 0.05) is 4.83 Å². The summed E-state index contributed by atoms with van der Waals surface area (Å²) >= 11 is 3.64. The summed E-state index contributed by atoms with van der Waals surface area (Å²) in [6, 6.07) is 0. The van der Waals surface area contributed by atoms with Gasteiger partial charge in [-0.3, -0.25) is 0 Å². The monoisotopic (exact) mass is 220 g/mol. The number of alkyl halides is 1. The molecule has 0 amide bonds. The van der Waals surface area contributed by atoms with Crippen LogP contribution in [0.2, 0.25) is 0 Å². The van der Waals surface area contributed by atoms with Crippen molar-refractivity contribution in [3.05, 3.63) is 0 Å². The van der Waals surface area contributed by atoms with Crippen molar-refractivity contribution in [2.75, 3.05) is 0 Å². The van der Waals surface area contributed by atoms with E-state index >= 15 is 0 Å². The van der Waals surface area contributed by atoms with E-state index in [2.05, 4.69) is 36.7 Å². The quantitative estimate of drug-likeness (QED) is 0.618. The molecule has 0 radical (unpaired) electrons. The van der Waals surface area contributed by atoms with Crippen LogP contribution in [0, 0.1) is 5.92 Å². The van der Waals surface area contributed by atoms with Gasteiger partial charge in [0.25, 0.3) is 0 Å². The van der Waals surface area contributed by atoms with Crippen LogP contribution in [0.15, 0.2) is 0 Å². The Morgan fingerprint density at radius 2 is 1.73 bits per heavy atom. The Bertz CT molecular complexity index is 115. The Morgan fingerprint density at radius 1 is 1.27 bits per heavy atom. The van der Waals surface area contributed by atoms with Crippen molar-refractivity contribution in [2.24, 2.45) is 5.92 Å². The van der Waals surface area contributed by atoms with E-state index in [-0.39, 0.29) is 0 Å². The molecule has 3 unspecified atom stereocenters. The predicted octanol–water partition coefficient (Wildman–Crippen LogP) is 2.97. The van der Waals surface area contributed by atoms with Crippen molar-refractivity contribution in [1.82, 2.24) is 0 Å². The lowest BCUT2D eigenvalue weighted by atomic mass is 9.90. The zero-order valence-corrected chi connectivity index (χ0v) is 9.10. The molecular formula is C9H17BrO. The van der Waals surface area contributed by atoms with E-state index in [1.54, 1.807) is 0 Å². The summed E-state index contributed by atoms with van der Waals surface area (Å²) in [5, 5.41) is 0. The normalized spacial score (nSPS) is 42.0. The molecule has 1 aliphatic heterocycles. The molecule has 0 aromatic rings. The molecule has 0 aromatic carbocycles. The number of hydrogen-bond donors (Lipinski definition) is 0. The predicted molar refractivity (Wildman–Crippen MR) is 51.1 cm³/mol. The van der Waals surface area contributed by atoms with Crippen LogP contribution in [0.5, 0.6) is 0 Å². The average Bonchev–Trinajstić information content (AvgIpc) is 1.85. The first-order valence-electron chi connectivity index (χ1n) is 4.39. The van der Waals surface area contributed by atoms with Crippen molar-refractivity contribution in [1.29, 1.82) is 0 Å². The Labute approximate surface area is 77.6 Å². The standard InChI is InChI=1S/C9H17BrO/c1-6-4-9(8(3)10)5-7(2)11-6/h6-9H,4-5H2,1-3H3. The molecule has 1 saturated heterocycles. The van der Waals surface area contributed by atoms with Gasteiger partial charge in [-0.05, 0) is 32.6 Å². The van der Waals surface area contributed by atoms with Gasteiger partial charge in [0.1, 0.15) is 0 Å². The summed E-state index contributed by atoms with van der Waals surface area (Å²) in [5.41, 5.74) is 0. The van der Waals surface area contributed by atoms with E-state index in [0.29, 0.717) is 17.0 Å². The van der Waals surface area contributed by atoms with Crippen molar-refractivity contribution in [2.45, 2.75) is 50.6 Å². The second-order valence-corrected chi connectivity index (χ2v) is 5.11. The van der Waals surface area contributed by atoms with E-state index in [0.717, 1.165) is 5.92 Å². The van der Waals surface area contributed by atoms with Crippen molar-refractivity contribution in [3.63, 3.8) is 0 Å². The van der Waals surface area contributed by atoms with Gasteiger partial charge in [-0.15, -0.1) is 0 Å². The molecule has 66 valence electrons. The van der Waals surface area contributed by atoms with Crippen molar-refractivity contribution < 1.29 is 4.74 Å². The van der Waals surface area contributed by atoms with E-state index in [9.17, 15) is 0 Å². The SMILES string of the molecule is CC1CC(C(C)Br)CC(C)O1. The van der Waals surface area contributed by atoms with E-state index < -0.39 is 0 Å². The minimum Gasteiger partial charge on any atom is -0.376 e. The van der Waals surface area contributed by atoms with Gasteiger partial charge in [0.15, 0.2) is 0 Å². The third-order valence-electron chi connectivity index (χ3n) is 2.38. The molecule has 0 saturated carbocycles. The van der Waals surface area contributed by atoms with Gasteiger partial charge in [0.05, 0.1) is 12.2 Å². The zero-order chi connectivity index (χ0) is 8.43. The van der Waals surface area contributed by atoms with Crippen LogP contribution in [0.25, 0.3) is 0 Å². The van der Waals surface area contributed by atoms with Crippen LogP contribution in [0.4, 0.5) is 0 Å². The molecule has 0 aliphatic carbocycles. The third kappa shape index (κ3) is 2.75. The van der Waals surface area contributed by atoms with Crippen LogP contribution >= 0.6 is 15.9 Å². The lowest BCUT2D eigenvalue weighted by Gasteiger charge is -2.33. The smallest absolute Gasteiger partial charge is 0.0553 e. The summed E-state index contributed by atoms with van der Waals surface area (Å²) in [5.74, 6) is 0.800. The molecule has 1 fully saturated rings. The zero-order valence-electron chi connectivity index (χ0n) is 7.51. The minimum atomic E-state index is 0.448. The first-order valence-corrected chi connectivity index (χ1v) is 5.30. The van der Waals surface area contributed by atoms with Crippen LogP contribution in [0.3, 0.4) is 0 Å². The van der Waals surface area contributed by atoms with Gasteiger partial charge < -0.3 is 4.74 Å². The van der Waals surface area contributed by atoms with Gasteiger partial charge in [-0.1, -0.05) is 22.9 Å². The maximum atomic E-state index is 5.65. The molecular weight excluding hydrogens is 204 g/mol. The largest absolute Gasteiger partial charge is 0.376 e. The van der Waals surface area contributed by atoms with E-state index in [1.807, 2.05) is 0 Å². The Morgan fingerprint density at radius 3 is 2.09 bits per heavy atom. The highest BCUT2D eigenvalue weighted by molar-refractivity contribution is 9.09. The van der Waals surface area contributed by atoms with Crippen molar-refractivity contribution >= 4 is 15.9 Å². The van der Waals surface area contributed by atoms with Crippen LogP contribution in [0.1, 0.15) is 33.6 Å². The summed E-state index contributed by atoms with van der Waals surface area (Å²) in [6.07, 6.45) is 3.31. The first kappa shape index (κ1) is 9.53. The lowest BCUT2D eigenvalue weighted by Crippen LogP contribution is -2.32. The highest BCUT2D eigenvalue weighted by Gasteiger charge is 2.26. The lowest BCUT2D eigenvalue weighted by molar-refractivity contribution is -0.0511. The molecule has 1 aliphatic rings. The molecule has 0 spiro atoms. The second kappa shape index (κ2) is 3.90. The average molecular weight is 221 g/mol. The fraction of sp³-hybridized carbons (Fsp3) is 1.00. The highest BCUT2D eigenvalue weighted by atomic mass is 79.9. The van der Waals surface area contributed by atoms with Gasteiger partial charge in [-0.25, -0.2) is 0 Å². The van der Waals surface area contributed by atoms with E-state index in [4.69, 9.17) is 4.74 Å². The van der Waals surface area contributed by atoms with E-state index in [1.165, 1.54) is 12.8 Å². The van der Waals surface area contributed by atoms with Gasteiger partial charge >= 0.3 is 0 Å². The summed E-state index contributed by atoms with van der Waals surface area (Å²) < 4.78 is 5.65. The molecule has 0 aromatic heterocycles. The molecule has 0 bridgehead atoms. The Hall–Kier alpha value is 0.440. The molecule has 2 heteroatoms. The summed E-state index contributed by atoms with van der Waals surface area (Å²) in [6.45, 7) is 6.56. The minimum absolute atomic E-state index is 0.448. The number of hydrogen-bond acceptors (Lipinski definition) is 1. The molecule has 1 rings (SSSR count). The van der Waals surface area contributed by atoms with Crippen LogP contribution in [-0.2, 0) is 4.74 Å². The highest BCUT2D eigenvalue weighted by Crippen LogP contribution is 2.30.